The van der Waals surface area contributed by atoms with E-state index in [1.54, 1.807) is 0 Å². The van der Waals surface area contributed by atoms with E-state index < -0.39 is 0 Å². The van der Waals surface area contributed by atoms with Crippen molar-refractivity contribution in [1.82, 2.24) is 4.90 Å². The highest BCUT2D eigenvalue weighted by molar-refractivity contribution is 9.09. The molecule has 0 radical (unpaired) electrons. The zero-order valence-corrected chi connectivity index (χ0v) is 11.7. The SMILES string of the molecule is CC(C)C1CC(Br)CC(C(C)C)N1C. The maximum atomic E-state index is 3.81. The summed E-state index contributed by atoms with van der Waals surface area (Å²) >= 11 is 3.81. The Morgan fingerprint density at radius 1 is 1.00 bits per heavy atom. The lowest BCUT2D eigenvalue weighted by Gasteiger charge is -2.45. The van der Waals surface area contributed by atoms with Gasteiger partial charge in [-0.3, -0.25) is 4.90 Å². The van der Waals surface area contributed by atoms with Gasteiger partial charge in [0.25, 0.3) is 0 Å². The van der Waals surface area contributed by atoms with Crippen molar-refractivity contribution in [2.24, 2.45) is 11.8 Å². The summed E-state index contributed by atoms with van der Waals surface area (Å²) in [4.78, 5) is 3.33. The third kappa shape index (κ3) is 2.73. The van der Waals surface area contributed by atoms with Crippen molar-refractivity contribution in [3.63, 3.8) is 0 Å². The molecule has 0 aromatic heterocycles. The lowest BCUT2D eigenvalue weighted by molar-refractivity contribution is 0.0628. The molecular formula is C12H24BrN. The standard InChI is InChI=1S/C12H24BrN/c1-8(2)11-6-10(13)7-12(9(3)4)14(11)5/h8-12H,6-7H2,1-5H3. The van der Waals surface area contributed by atoms with Gasteiger partial charge in [0.05, 0.1) is 0 Å². The van der Waals surface area contributed by atoms with Crippen LogP contribution in [0, 0.1) is 11.8 Å². The molecule has 1 heterocycles. The van der Waals surface area contributed by atoms with Crippen LogP contribution in [-0.2, 0) is 0 Å². The number of alkyl halides is 1. The van der Waals surface area contributed by atoms with Crippen LogP contribution in [-0.4, -0.2) is 28.9 Å². The first-order valence-corrected chi connectivity index (χ1v) is 6.71. The van der Waals surface area contributed by atoms with Gasteiger partial charge in [-0.2, -0.15) is 0 Å². The highest BCUT2D eigenvalue weighted by Crippen LogP contribution is 2.33. The Kier molecular flexibility index (Phi) is 4.45. The zero-order chi connectivity index (χ0) is 10.9. The van der Waals surface area contributed by atoms with E-state index >= 15 is 0 Å². The van der Waals surface area contributed by atoms with Gasteiger partial charge in [-0.15, -0.1) is 0 Å². The Balaban J connectivity index is 2.70. The van der Waals surface area contributed by atoms with Crippen LogP contribution in [0.1, 0.15) is 40.5 Å². The molecule has 0 amide bonds. The van der Waals surface area contributed by atoms with E-state index in [9.17, 15) is 0 Å². The summed E-state index contributed by atoms with van der Waals surface area (Å²) in [6.45, 7) is 9.35. The molecule has 2 atom stereocenters. The van der Waals surface area contributed by atoms with Crippen LogP contribution in [0.4, 0.5) is 0 Å². The van der Waals surface area contributed by atoms with Crippen LogP contribution in [0.3, 0.4) is 0 Å². The summed E-state index contributed by atoms with van der Waals surface area (Å²) in [5, 5.41) is 0. The largest absolute Gasteiger partial charge is 0.300 e. The van der Waals surface area contributed by atoms with E-state index in [-0.39, 0.29) is 0 Å². The van der Waals surface area contributed by atoms with Crippen LogP contribution in [0.25, 0.3) is 0 Å². The minimum Gasteiger partial charge on any atom is -0.300 e. The summed E-state index contributed by atoms with van der Waals surface area (Å²) in [5.74, 6) is 1.53. The van der Waals surface area contributed by atoms with Crippen LogP contribution in [0.2, 0.25) is 0 Å². The number of hydrogen-bond donors (Lipinski definition) is 0. The van der Waals surface area contributed by atoms with Crippen molar-refractivity contribution in [2.75, 3.05) is 7.05 Å². The molecular weight excluding hydrogens is 238 g/mol. The molecule has 0 bridgehead atoms. The Morgan fingerprint density at radius 2 is 1.36 bits per heavy atom. The number of halogens is 1. The van der Waals surface area contributed by atoms with Crippen molar-refractivity contribution in [1.29, 1.82) is 0 Å². The first-order chi connectivity index (χ1) is 6.43. The van der Waals surface area contributed by atoms with Crippen molar-refractivity contribution < 1.29 is 0 Å². The molecule has 2 heteroatoms. The third-order valence-electron chi connectivity index (χ3n) is 3.58. The van der Waals surface area contributed by atoms with E-state index in [4.69, 9.17) is 0 Å². The topological polar surface area (TPSA) is 3.24 Å². The summed E-state index contributed by atoms with van der Waals surface area (Å²) in [7, 11) is 2.30. The fraction of sp³-hybridized carbons (Fsp3) is 1.00. The molecule has 14 heavy (non-hydrogen) atoms. The van der Waals surface area contributed by atoms with Crippen molar-refractivity contribution in [2.45, 2.75) is 57.4 Å². The van der Waals surface area contributed by atoms with Gasteiger partial charge in [0.15, 0.2) is 0 Å². The third-order valence-corrected chi connectivity index (χ3v) is 4.33. The Labute approximate surface area is 97.4 Å². The van der Waals surface area contributed by atoms with Crippen LogP contribution < -0.4 is 0 Å². The van der Waals surface area contributed by atoms with Gasteiger partial charge in [0, 0.05) is 16.9 Å². The Hall–Kier alpha value is 0.440. The van der Waals surface area contributed by atoms with Gasteiger partial charge in [-0.1, -0.05) is 43.6 Å². The van der Waals surface area contributed by atoms with E-state index in [1.807, 2.05) is 0 Å². The number of nitrogens with zero attached hydrogens (tertiary/aromatic N) is 1. The fourth-order valence-corrected chi connectivity index (χ4v) is 3.45. The molecule has 0 aromatic rings. The normalized spacial score (nSPS) is 35.6. The molecule has 1 aliphatic heterocycles. The maximum Gasteiger partial charge on any atom is 0.0175 e. The zero-order valence-electron chi connectivity index (χ0n) is 10.1. The second-order valence-electron chi connectivity index (χ2n) is 5.36. The van der Waals surface area contributed by atoms with E-state index in [1.165, 1.54) is 12.8 Å². The summed E-state index contributed by atoms with van der Waals surface area (Å²) in [5.41, 5.74) is 0. The highest BCUT2D eigenvalue weighted by atomic mass is 79.9. The second kappa shape index (κ2) is 4.98. The monoisotopic (exact) mass is 261 g/mol. The van der Waals surface area contributed by atoms with Gasteiger partial charge < -0.3 is 0 Å². The lowest BCUT2D eigenvalue weighted by Crippen LogP contribution is -2.51. The van der Waals surface area contributed by atoms with Gasteiger partial charge in [0.2, 0.25) is 0 Å². The molecule has 1 saturated heterocycles. The van der Waals surface area contributed by atoms with Gasteiger partial charge >= 0.3 is 0 Å². The van der Waals surface area contributed by atoms with Crippen molar-refractivity contribution in [3.8, 4) is 0 Å². The molecule has 0 aromatic carbocycles. The van der Waals surface area contributed by atoms with Crippen LogP contribution in [0.15, 0.2) is 0 Å². The van der Waals surface area contributed by atoms with Gasteiger partial charge in [-0.05, 0) is 31.7 Å². The highest BCUT2D eigenvalue weighted by Gasteiger charge is 2.34. The quantitative estimate of drug-likeness (QED) is 0.688. The summed E-state index contributed by atoms with van der Waals surface area (Å²) in [6.07, 6.45) is 2.61. The average molecular weight is 262 g/mol. The first-order valence-electron chi connectivity index (χ1n) is 5.79. The molecule has 0 aliphatic carbocycles. The number of rotatable bonds is 2. The molecule has 84 valence electrons. The number of hydrogen-bond acceptors (Lipinski definition) is 1. The fourth-order valence-electron chi connectivity index (χ4n) is 2.68. The van der Waals surface area contributed by atoms with Crippen LogP contribution >= 0.6 is 15.9 Å². The van der Waals surface area contributed by atoms with Crippen LogP contribution in [0.5, 0.6) is 0 Å². The van der Waals surface area contributed by atoms with E-state index in [2.05, 4.69) is 55.6 Å². The Morgan fingerprint density at radius 3 is 1.64 bits per heavy atom. The summed E-state index contributed by atoms with van der Waals surface area (Å²) < 4.78 is 0. The summed E-state index contributed by atoms with van der Waals surface area (Å²) in [6, 6.07) is 1.50. The lowest BCUT2D eigenvalue weighted by atomic mass is 9.85. The second-order valence-corrected chi connectivity index (χ2v) is 6.65. The average Bonchev–Trinajstić information content (AvgIpc) is 2.07. The van der Waals surface area contributed by atoms with E-state index in [0.29, 0.717) is 0 Å². The first kappa shape index (κ1) is 12.5. The predicted octanol–water partition coefficient (Wildman–Crippen LogP) is 3.52. The van der Waals surface area contributed by atoms with Crippen molar-refractivity contribution >= 4 is 15.9 Å². The number of piperidine rings is 1. The minimum absolute atomic E-state index is 0.721. The van der Waals surface area contributed by atoms with Gasteiger partial charge in [0.1, 0.15) is 0 Å². The van der Waals surface area contributed by atoms with E-state index in [0.717, 1.165) is 28.7 Å². The molecule has 0 saturated carbocycles. The molecule has 1 fully saturated rings. The molecule has 2 unspecified atom stereocenters. The molecule has 0 spiro atoms. The molecule has 0 N–H and O–H groups in total. The Bertz CT molecular complexity index is 161. The smallest absolute Gasteiger partial charge is 0.0175 e. The molecule has 1 rings (SSSR count). The minimum atomic E-state index is 0.721. The molecule has 1 aliphatic rings. The maximum absolute atomic E-state index is 3.81. The van der Waals surface area contributed by atoms with Gasteiger partial charge in [-0.25, -0.2) is 0 Å². The van der Waals surface area contributed by atoms with Crippen molar-refractivity contribution in [3.05, 3.63) is 0 Å². The number of likely N-dealkylation sites (tertiary alicyclic amines) is 1. The predicted molar refractivity (Wildman–Crippen MR) is 67.0 cm³/mol. The molecule has 1 nitrogen and oxygen atoms in total.